The van der Waals surface area contributed by atoms with Gasteiger partial charge in [-0.25, -0.2) is 4.98 Å². The van der Waals surface area contributed by atoms with Gasteiger partial charge in [-0.2, -0.15) is 0 Å². The molecule has 1 aliphatic rings. The van der Waals surface area contributed by atoms with Crippen LogP contribution in [0.25, 0.3) is 10.2 Å². The van der Waals surface area contributed by atoms with Crippen molar-refractivity contribution in [3.63, 3.8) is 0 Å². The van der Waals surface area contributed by atoms with Crippen LogP contribution in [0.5, 0.6) is 5.75 Å². The number of aromatic nitrogens is 1. The van der Waals surface area contributed by atoms with Gasteiger partial charge in [-0.1, -0.05) is 37.3 Å². The number of thiazole rings is 1. The Morgan fingerprint density at radius 1 is 1.21 bits per heavy atom. The number of hydrogen-bond acceptors (Lipinski definition) is 7. The number of morpholine rings is 1. The van der Waals surface area contributed by atoms with Gasteiger partial charge >= 0.3 is 0 Å². The number of carbonyl (C=O) groups is 1. The maximum absolute atomic E-state index is 13.3. The van der Waals surface area contributed by atoms with Gasteiger partial charge in [0.2, 0.25) is 0 Å². The van der Waals surface area contributed by atoms with Crippen molar-refractivity contribution in [3.05, 3.63) is 48.0 Å². The molecule has 8 heteroatoms. The first-order valence-corrected chi connectivity index (χ1v) is 13.4. The maximum atomic E-state index is 13.3. The van der Waals surface area contributed by atoms with Crippen molar-refractivity contribution in [2.75, 3.05) is 57.2 Å². The minimum absolute atomic E-state index is 0.0177. The normalized spacial score (nSPS) is 14.7. The Morgan fingerprint density at radius 3 is 2.67 bits per heavy atom. The standard InChI is InChI=1S/C25H31N3O3S2/c1-18(2)19-4-6-20(7-5-19)31-17-24(29)28(11-10-27-12-14-30-15-13-27)25-26-22-9-8-21(32-3)16-23(22)33-25/h4-9,16,18H,10-15,17H2,1-3H3. The van der Waals surface area contributed by atoms with Gasteiger partial charge in [-0.3, -0.25) is 14.6 Å². The summed E-state index contributed by atoms with van der Waals surface area (Å²) in [5.74, 6) is 1.08. The second-order valence-corrected chi connectivity index (χ2v) is 10.2. The summed E-state index contributed by atoms with van der Waals surface area (Å²) < 4.78 is 12.4. The predicted octanol–water partition coefficient (Wildman–Crippen LogP) is 4.89. The van der Waals surface area contributed by atoms with E-state index in [0.29, 0.717) is 18.2 Å². The van der Waals surface area contributed by atoms with E-state index in [0.717, 1.165) is 48.2 Å². The van der Waals surface area contributed by atoms with E-state index in [-0.39, 0.29) is 12.5 Å². The van der Waals surface area contributed by atoms with E-state index in [1.807, 2.05) is 18.2 Å². The predicted molar refractivity (Wildman–Crippen MR) is 137 cm³/mol. The van der Waals surface area contributed by atoms with Crippen LogP contribution < -0.4 is 9.64 Å². The monoisotopic (exact) mass is 485 g/mol. The molecule has 0 atom stereocenters. The van der Waals surface area contributed by atoms with E-state index < -0.39 is 0 Å². The molecule has 2 aromatic carbocycles. The summed E-state index contributed by atoms with van der Waals surface area (Å²) in [6.45, 7) is 8.90. The molecule has 1 amide bonds. The smallest absolute Gasteiger partial charge is 0.266 e. The molecule has 1 fully saturated rings. The van der Waals surface area contributed by atoms with Gasteiger partial charge in [-0.05, 0) is 48.1 Å². The van der Waals surface area contributed by atoms with Crippen molar-refractivity contribution in [1.29, 1.82) is 0 Å². The zero-order valence-corrected chi connectivity index (χ0v) is 21.1. The second kappa shape index (κ2) is 11.3. The number of thioether (sulfide) groups is 1. The third-order valence-corrected chi connectivity index (χ3v) is 7.54. The van der Waals surface area contributed by atoms with E-state index in [1.54, 1.807) is 28.0 Å². The molecule has 1 saturated heterocycles. The van der Waals surface area contributed by atoms with Crippen molar-refractivity contribution in [2.45, 2.75) is 24.7 Å². The molecule has 0 spiro atoms. The van der Waals surface area contributed by atoms with E-state index in [1.165, 1.54) is 10.5 Å². The summed E-state index contributed by atoms with van der Waals surface area (Å²) in [4.78, 5) is 23.4. The molecule has 33 heavy (non-hydrogen) atoms. The van der Waals surface area contributed by atoms with Crippen LogP contribution in [0.4, 0.5) is 5.13 Å². The number of carbonyl (C=O) groups excluding carboxylic acids is 1. The van der Waals surface area contributed by atoms with Gasteiger partial charge in [0.25, 0.3) is 5.91 Å². The zero-order valence-electron chi connectivity index (χ0n) is 19.5. The first-order chi connectivity index (χ1) is 16.0. The van der Waals surface area contributed by atoms with Gasteiger partial charge in [-0.15, -0.1) is 11.8 Å². The molecule has 1 aliphatic heterocycles. The van der Waals surface area contributed by atoms with Crippen LogP contribution in [-0.4, -0.2) is 68.0 Å². The van der Waals surface area contributed by atoms with Crippen LogP contribution in [0.15, 0.2) is 47.4 Å². The number of hydrogen-bond donors (Lipinski definition) is 0. The molecule has 0 bridgehead atoms. The topological polar surface area (TPSA) is 54.9 Å². The maximum Gasteiger partial charge on any atom is 0.266 e. The molecule has 176 valence electrons. The SMILES string of the molecule is CSc1ccc2nc(N(CCN3CCOCC3)C(=O)COc3ccc(C(C)C)cc3)sc2c1. The highest BCUT2D eigenvalue weighted by atomic mass is 32.2. The van der Waals surface area contributed by atoms with Crippen molar-refractivity contribution in [2.24, 2.45) is 0 Å². The fourth-order valence-corrected chi connectivity index (χ4v) is 5.26. The Kier molecular flexibility index (Phi) is 8.25. The number of benzene rings is 2. The molecule has 0 radical (unpaired) electrons. The molecule has 2 heterocycles. The first-order valence-electron chi connectivity index (χ1n) is 11.3. The lowest BCUT2D eigenvalue weighted by Crippen LogP contribution is -2.44. The van der Waals surface area contributed by atoms with Crippen molar-refractivity contribution < 1.29 is 14.3 Å². The third kappa shape index (κ3) is 6.26. The summed E-state index contributed by atoms with van der Waals surface area (Å²) in [7, 11) is 0. The summed E-state index contributed by atoms with van der Waals surface area (Å²) in [6.07, 6.45) is 2.06. The molecule has 0 unspecified atom stereocenters. The Labute approximate surface area is 203 Å². The third-order valence-electron chi connectivity index (χ3n) is 5.77. The number of anilines is 1. The quantitative estimate of drug-likeness (QED) is 0.403. The van der Waals surface area contributed by atoms with E-state index in [9.17, 15) is 4.79 Å². The summed E-state index contributed by atoms with van der Waals surface area (Å²) in [6, 6.07) is 14.2. The summed E-state index contributed by atoms with van der Waals surface area (Å²) in [5.41, 5.74) is 2.17. The number of rotatable bonds is 9. The molecular formula is C25H31N3O3S2. The van der Waals surface area contributed by atoms with E-state index >= 15 is 0 Å². The molecule has 1 aromatic heterocycles. The highest BCUT2D eigenvalue weighted by Crippen LogP contribution is 2.32. The Morgan fingerprint density at radius 2 is 1.97 bits per heavy atom. The van der Waals surface area contributed by atoms with Gasteiger partial charge in [0, 0.05) is 31.1 Å². The van der Waals surface area contributed by atoms with Crippen molar-refractivity contribution >= 4 is 44.4 Å². The van der Waals surface area contributed by atoms with Crippen LogP contribution in [0.3, 0.4) is 0 Å². The average Bonchev–Trinajstić information content (AvgIpc) is 3.26. The summed E-state index contributed by atoms with van der Waals surface area (Å²) >= 11 is 3.26. The lowest BCUT2D eigenvalue weighted by atomic mass is 10.0. The highest BCUT2D eigenvalue weighted by molar-refractivity contribution is 7.98. The largest absolute Gasteiger partial charge is 0.484 e. The van der Waals surface area contributed by atoms with Gasteiger partial charge in [0.15, 0.2) is 11.7 Å². The van der Waals surface area contributed by atoms with Crippen LogP contribution in [0.2, 0.25) is 0 Å². The number of nitrogens with zero attached hydrogens (tertiary/aromatic N) is 3. The molecule has 3 aromatic rings. The fourth-order valence-electron chi connectivity index (χ4n) is 3.70. The van der Waals surface area contributed by atoms with Crippen molar-refractivity contribution in [1.82, 2.24) is 9.88 Å². The average molecular weight is 486 g/mol. The highest BCUT2D eigenvalue weighted by Gasteiger charge is 2.22. The molecule has 0 saturated carbocycles. The first kappa shape index (κ1) is 24.0. The van der Waals surface area contributed by atoms with Gasteiger partial charge in [0.1, 0.15) is 5.75 Å². The van der Waals surface area contributed by atoms with E-state index in [2.05, 4.69) is 49.3 Å². The van der Waals surface area contributed by atoms with E-state index in [4.69, 9.17) is 14.5 Å². The van der Waals surface area contributed by atoms with Crippen LogP contribution >= 0.6 is 23.1 Å². The minimum Gasteiger partial charge on any atom is -0.484 e. The molecule has 4 rings (SSSR count). The Hall–Kier alpha value is -2.13. The van der Waals surface area contributed by atoms with Crippen LogP contribution in [0, 0.1) is 0 Å². The second-order valence-electron chi connectivity index (χ2n) is 8.34. The molecule has 0 aliphatic carbocycles. The lowest BCUT2D eigenvalue weighted by molar-refractivity contribution is -0.120. The number of amides is 1. The molecule has 0 N–H and O–H groups in total. The van der Waals surface area contributed by atoms with Crippen LogP contribution in [-0.2, 0) is 9.53 Å². The number of fused-ring (bicyclic) bond motifs is 1. The lowest BCUT2D eigenvalue weighted by Gasteiger charge is -2.29. The van der Waals surface area contributed by atoms with Crippen LogP contribution in [0.1, 0.15) is 25.3 Å². The minimum atomic E-state index is -0.0830. The molecular weight excluding hydrogens is 454 g/mol. The summed E-state index contributed by atoms with van der Waals surface area (Å²) in [5, 5.41) is 0.722. The van der Waals surface area contributed by atoms with Crippen molar-refractivity contribution in [3.8, 4) is 5.75 Å². The Bertz CT molecular complexity index is 1060. The Balaban J connectivity index is 1.49. The zero-order chi connectivity index (χ0) is 23.2. The molecule has 6 nitrogen and oxygen atoms in total. The fraction of sp³-hybridized carbons (Fsp3) is 0.440. The number of ether oxygens (including phenoxy) is 2. The van der Waals surface area contributed by atoms with Gasteiger partial charge < -0.3 is 9.47 Å². The van der Waals surface area contributed by atoms with Gasteiger partial charge in [0.05, 0.1) is 23.4 Å².